The van der Waals surface area contributed by atoms with Crippen molar-refractivity contribution in [3.8, 4) is 0 Å². The van der Waals surface area contributed by atoms with Gasteiger partial charge in [0, 0.05) is 5.54 Å². The first-order valence-electron chi connectivity index (χ1n) is 4.38. The number of halogens is 4. The van der Waals surface area contributed by atoms with Crippen molar-refractivity contribution in [1.82, 2.24) is 0 Å². The molecule has 0 heterocycles. The first-order valence-corrected chi connectivity index (χ1v) is 4.38. The third kappa shape index (κ3) is 2.44. The Hall–Kier alpha value is -0.740. The molecule has 0 aliphatic heterocycles. The lowest BCUT2D eigenvalue weighted by atomic mass is 10.0. The molecule has 0 aromatic heterocycles. The largest absolute Gasteiger partial charge is 0.416 e. The van der Waals surface area contributed by atoms with Gasteiger partial charge in [-0.1, -0.05) is 12.1 Å². The van der Waals surface area contributed by atoms with Gasteiger partial charge in [-0.3, -0.25) is 0 Å². The van der Waals surface area contributed by atoms with E-state index >= 15 is 0 Å². The van der Waals surface area contributed by atoms with Gasteiger partial charge in [-0.15, -0.1) is 12.4 Å². The summed E-state index contributed by atoms with van der Waals surface area (Å²) in [5.41, 5.74) is 5.67. The lowest BCUT2D eigenvalue weighted by Gasteiger charge is -2.11. The van der Waals surface area contributed by atoms with Crippen LogP contribution in [0, 0.1) is 0 Å². The quantitative estimate of drug-likeness (QED) is 0.798. The predicted octanol–water partition coefficient (Wildman–Crippen LogP) is 3.08. The van der Waals surface area contributed by atoms with Crippen molar-refractivity contribution in [2.45, 2.75) is 24.6 Å². The standard InChI is InChI=1S/C10H10F3N.ClH/c11-10(12,13)8-3-1-7(2-4-8)9(14)5-6-9;/h1-4H,5-6,14H2;1H. The number of alkyl halides is 3. The van der Waals surface area contributed by atoms with Gasteiger partial charge in [0.1, 0.15) is 0 Å². The number of benzene rings is 1. The molecule has 1 nitrogen and oxygen atoms in total. The zero-order chi connectivity index (χ0) is 10.4. The number of nitrogens with two attached hydrogens (primary N) is 1. The minimum absolute atomic E-state index is 0. The van der Waals surface area contributed by atoms with Crippen molar-refractivity contribution in [2.24, 2.45) is 5.73 Å². The summed E-state index contributed by atoms with van der Waals surface area (Å²) in [7, 11) is 0. The molecule has 0 atom stereocenters. The fraction of sp³-hybridized carbons (Fsp3) is 0.400. The van der Waals surface area contributed by atoms with E-state index in [9.17, 15) is 13.2 Å². The van der Waals surface area contributed by atoms with E-state index < -0.39 is 11.7 Å². The Bertz CT molecular complexity index is 316. The molecule has 0 radical (unpaired) electrons. The monoisotopic (exact) mass is 237 g/mol. The fourth-order valence-electron chi connectivity index (χ4n) is 1.41. The Kier molecular flexibility index (Phi) is 3.03. The van der Waals surface area contributed by atoms with Crippen LogP contribution >= 0.6 is 12.4 Å². The Morgan fingerprint density at radius 2 is 1.53 bits per heavy atom. The molecule has 1 aliphatic carbocycles. The third-order valence-corrected chi connectivity index (χ3v) is 2.58. The Balaban J connectivity index is 0.00000112. The van der Waals surface area contributed by atoms with Crippen molar-refractivity contribution in [3.05, 3.63) is 35.4 Å². The topological polar surface area (TPSA) is 26.0 Å². The molecule has 0 amide bonds. The highest BCUT2D eigenvalue weighted by atomic mass is 35.5. The fourth-order valence-corrected chi connectivity index (χ4v) is 1.41. The SMILES string of the molecule is Cl.NC1(c2ccc(C(F)(F)F)cc2)CC1. The maximum absolute atomic E-state index is 12.2. The third-order valence-electron chi connectivity index (χ3n) is 2.58. The van der Waals surface area contributed by atoms with Gasteiger partial charge < -0.3 is 5.73 Å². The number of hydrogen-bond acceptors (Lipinski definition) is 1. The lowest BCUT2D eigenvalue weighted by Crippen LogP contribution is -2.18. The van der Waals surface area contributed by atoms with Crippen LogP contribution in [0.4, 0.5) is 13.2 Å². The summed E-state index contributed by atoms with van der Waals surface area (Å²) in [6.07, 6.45) is -2.54. The summed E-state index contributed by atoms with van der Waals surface area (Å²) in [6.45, 7) is 0. The normalized spacial score (nSPS) is 18.1. The molecule has 1 aromatic rings. The molecule has 1 aromatic carbocycles. The van der Waals surface area contributed by atoms with E-state index in [0.717, 1.165) is 30.5 Å². The molecule has 2 N–H and O–H groups in total. The van der Waals surface area contributed by atoms with Crippen molar-refractivity contribution >= 4 is 12.4 Å². The Labute approximate surface area is 91.9 Å². The molecule has 0 unspecified atom stereocenters. The van der Waals surface area contributed by atoms with Crippen LogP contribution in [0.3, 0.4) is 0 Å². The summed E-state index contributed by atoms with van der Waals surface area (Å²) in [5, 5.41) is 0. The summed E-state index contributed by atoms with van der Waals surface area (Å²) in [5.74, 6) is 0. The van der Waals surface area contributed by atoms with E-state index in [4.69, 9.17) is 5.73 Å². The van der Waals surface area contributed by atoms with E-state index in [2.05, 4.69) is 0 Å². The zero-order valence-corrected chi connectivity index (χ0v) is 8.66. The molecular formula is C10H11ClF3N. The summed E-state index contributed by atoms with van der Waals surface area (Å²) >= 11 is 0. The van der Waals surface area contributed by atoms with Gasteiger partial charge in [0.2, 0.25) is 0 Å². The molecule has 1 saturated carbocycles. The van der Waals surface area contributed by atoms with E-state index in [0.29, 0.717) is 0 Å². The second-order valence-electron chi connectivity index (χ2n) is 3.73. The molecule has 84 valence electrons. The van der Waals surface area contributed by atoms with Gasteiger partial charge in [0.15, 0.2) is 0 Å². The van der Waals surface area contributed by atoms with Gasteiger partial charge in [0.05, 0.1) is 5.56 Å². The van der Waals surface area contributed by atoms with Crippen LogP contribution in [-0.2, 0) is 11.7 Å². The molecule has 5 heteroatoms. The van der Waals surface area contributed by atoms with Crippen LogP contribution in [0.2, 0.25) is 0 Å². The van der Waals surface area contributed by atoms with Crippen molar-refractivity contribution in [3.63, 3.8) is 0 Å². The first-order chi connectivity index (χ1) is 6.42. The molecule has 15 heavy (non-hydrogen) atoms. The average molecular weight is 238 g/mol. The van der Waals surface area contributed by atoms with E-state index in [-0.39, 0.29) is 17.9 Å². The van der Waals surface area contributed by atoms with Gasteiger partial charge in [-0.25, -0.2) is 0 Å². The highest BCUT2D eigenvalue weighted by molar-refractivity contribution is 5.85. The first kappa shape index (κ1) is 12.3. The van der Waals surface area contributed by atoms with Crippen LogP contribution in [0.15, 0.2) is 24.3 Å². The molecule has 0 saturated heterocycles. The highest BCUT2D eigenvalue weighted by Crippen LogP contribution is 2.43. The average Bonchev–Trinajstić information content (AvgIpc) is 2.84. The smallest absolute Gasteiger partial charge is 0.321 e. The molecule has 1 aliphatic rings. The highest BCUT2D eigenvalue weighted by Gasteiger charge is 2.40. The Morgan fingerprint density at radius 1 is 1.07 bits per heavy atom. The Morgan fingerprint density at radius 3 is 1.87 bits per heavy atom. The minimum atomic E-state index is -4.26. The van der Waals surface area contributed by atoms with Gasteiger partial charge in [-0.2, -0.15) is 13.2 Å². The van der Waals surface area contributed by atoms with Crippen LogP contribution in [-0.4, -0.2) is 0 Å². The zero-order valence-electron chi connectivity index (χ0n) is 7.84. The predicted molar refractivity (Wildman–Crippen MR) is 53.8 cm³/mol. The van der Waals surface area contributed by atoms with E-state index in [1.54, 1.807) is 0 Å². The van der Waals surface area contributed by atoms with E-state index in [1.165, 1.54) is 12.1 Å². The maximum Gasteiger partial charge on any atom is 0.416 e. The van der Waals surface area contributed by atoms with Crippen LogP contribution in [0.25, 0.3) is 0 Å². The van der Waals surface area contributed by atoms with Crippen molar-refractivity contribution < 1.29 is 13.2 Å². The molecule has 0 bridgehead atoms. The van der Waals surface area contributed by atoms with Crippen LogP contribution in [0.5, 0.6) is 0 Å². The maximum atomic E-state index is 12.2. The molecule has 2 rings (SSSR count). The van der Waals surface area contributed by atoms with E-state index in [1.807, 2.05) is 0 Å². The van der Waals surface area contributed by atoms with Crippen molar-refractivity contribution in [2.75, 3.05) is 0 Å². The summed E-state index contributed by atoms with van der Waals surface area (Å²) in [4.78, 5) is 0. The second-order valence-corrected chi connectivity index (χ2v) is 3.73. The number of hydrogen-bond donors (Lipinski definition) is 1. The molecule has 0 spiro atoms. The van der Waals surface area contributed by atoms with Crippen LogP contribution < -0.4 is 5.73 Å². The number of rotatable bonds is 1. The summed E-state index contributed by atoms with van der Waals surface area (Å²) < 4.78 is 36.6. The van der Waals surface area contributed by atoms with Gasteiger partial charge in [0.25, 0.3) is 0 Å². The minimum Gasteiger partial charge on any atom is -0.321 e. The van der Waals surface area contributed by atoms with Crippen molar-refractivity contribution in [1.29, 1.82) is 0 Å². The van der Waals surface area contributed by atoms with Gasteiger partial charge in [-0.05, 0) is 30.5 Å². The van der Waals surface area contributed by atoms with Gasteiger partial charge >= 0.3 is 6.18 Å². The second kappa shape index (κ2) is 3.68. The molecule has 1 fully saturated rings. The molecular weight excluding hydrogens is 227 g/mol. The van der Waals surface area contributed by atoms with Crippen LogP contribution in [0.1, 0.15) is 24.0 Å². The summed E-state index contributed by atoms with van der Waals surface area (Å²) in [6, 6.07) is 5.11. The lowest BCUT2D eigenvalue weighted by molar-refractivity contribution is -0.137.